The van der Waals surface area contributed by atoms with Crippen LogP contribution in [0.3, 0.4) is 0 Å². The number of hydrogen-bond acceptors (Lipinski definition) is 3. The summed E-state index contributed by atoms with van der Waals surface area (Å²) < 4.78 is 0. The Kier molecular flexibility index (Phi) is 9.79. The normalized spacial score (nSPS) is 12.4. The first-order valence-electron chi connectivity index (χ1n) is 6.99. The second-order valence-corrected chi connectivity index (χ2v) is 6.10. The van der Waals surface area contributed by atoms with Crippen molar-refractivity contribution in [2.24, 2.45) is 11.8 Å². The van der Waals surface area contributed by atoms with Crippen molar-refractivity contribution < 1.29 is 0 Å². The van der Waals surface area contributed by atoms with E-state index < -0.39 is 0 Å². The average molecular weight is 243 g/mol. The van der Waals surface area contributed by atoms with E-state index in [0.29, 0.717) is 0 Å². The Bertz CT molecular complexity index is 167. The van der Waals surface area contributed by atoms with Gasteiger partial charge in [-0.2, -0.15) is 0 Å². The Balaban J connectivity index is 3.76. The third kappa shape index (κ3) is 12.1. The van der Waals surface area contributed by atoms with E-state index in [2.05, 4.69) is 56.9 Å². The van der Waals surface area contributed by atoms with Gasteiger partial charge in [0.25, 0.3) is 0 Å². The lowest BCUT2D eigenvalue weighted by Crippen LogP contribution is -2.39. The van der Waals surface area contributed by atoms with E-state index in [1.165, 1.54) is 19.6 Å². The zero-order chi connectivity index (χ0) is 13.3. The van der Waals surface area contributed by atoms with Gasteiger partial charge in [0.2, 0.25) is 0 Å². The molecule has 0 aliphatic heterocycles. The summed E-state index contributed by atoms with van der Waals surface area (Å²) in [6.07, 6.45) is 0. The summed E-state index contributed by atoms with van der Waals surface area (Å²) in [5.74, 6) is 1.50. The second kappa shape index (κ2) is 9.86. The largest absolute Gasteiger partial charge is 0.315 e. The Hall–Kier alpha value is -0.120. The number of likely N-dealkylation sites (N-methyl/N-ethyl adjacent to an activating group) is 1. The molecule has 0 aliphatic carbocycles. The Morgan fingerprint density at radius 3 is 2.00 bits per heavy atom. The van der Waals surface area contributed by atoms with Crippen molar-refractivity contribution >= 4 is 0 Å². The SMILES string of the molecule is CC(C)CNCCN(CCN(C)C)CC(C)C. The van der Waals surface area contributed by atoms with E-state index in [1.807, 2.05) is 0 Å². The molecular formula is C14H33N3. The molecule has 0 saturated heterocycles. The highest BCUT2D eigenvalue weighted by molar-refractivity contribution is 4.64. The van der Waals surface area contributed by atoms with Crippen LogP contribution in [0.2, 0.25) is 0 Å². The van der Waals surface area contributed by atoms with Crippen LogP contribution in [0, 0.1) is 11.8 Å². The maximum absolute atomic E-state index is 3.52. The summed E-state index contributed by atoms with van der Waals surface area (Å²) in [5.41, 5.74) is 0. The van der Waals surface area contributed by atoms with E-state index in [-0.39, 0.29) is 0 Å². The summed E-state index contributed by atoms with van der Waals surface area (Å²) in [5, 5.41) is 3.52. The number of hydrogen-bond donors (Lipinski definition) is 1. The molecule has 0 fully saturated rings. The van der Waals surface area contributed by atoms with Crippen LogP contribution in [0.4, 0.5) is 0 Å². The number of nitrogens with zero attached hydrogens (tertiary/aromatic N) is 2. The molecule has 17 heavy (non-hydrogen) atoms. The fourth-order valence-corrected chi connectivity index (χ4v) is 1.78. The van der Waals surface area contributed by atoms with Gasteiger partial charge in [0.05, 0.1) is 0 Å². The van der Waals surface area contributed by atoms with Crippen molar-refractivity contribution in [2.75, 3.05) is 53.4 Å². The molecule has 0 saturated carbocycles. The summed E-state index contributed by atoms with van der Waals surface area (Å²) in [4.78, 5) is 4.83. The summed E-state index contributed by atoms with van der Waals surface area (Å²) in [6, 6.07) is 0. The topological polar surface area (TPSA) is 18.5 Å². The van der Waals surface area contributed by atoms with Gasteiger partial charge in [-0.3, -0.25) is 0 Å². The molecular weight excluding hydrogens is 210 g/mol. The first-order chi connectivity index (χ1) is 7.91. The van der Waals surface area contributed by atoms with Crippen LogP contribution in [0.1, 0.15) is 27.7 Å². The highest BCUT2D eigenvalue weighted by atomic mass is 15.2. The van der Waals surface area contributed by atoms with Gasteiger partial charge in [-0.05, 0) is 32.5 Å². The number of rotatable bonds is 10. The Labute approximate surface area is 109 Å². The van der Waals surface area contributed by atoms with Gasteiger partial charge < -0.3 is 15.1 Å². The minimum absolute atomic E-state index is 0.746. The second-order valence-electron chi connectivity index (χ2n) is 6.10. The zero-order valence-electron chi connectivity index (χ0n) is 12.8. The highest BCUT2D eigenvalue weighted by Gasteiger charge is 2.07. The Morgan fingerprint density at radius 2 is 1.53 bits per heavy atom. The minimum atomic E-state index is 0.746. The van der Waals surface area contributed by atoms with Crippen molar-refractivity contribution in [3.8, 4) is 0 Å². The molecule has 0 aromatic carbocycles. The van der Waals surface area contributed by atoms with Crippen LogP contribution in [-0.4, -0.2) is 63.2 Å². The lowest BCUT2D eigenvalue weighted by Gasteiger charge is -2.26. The molecule has 3 heteroatoms. The van der Waals surface area contributed by atoms with E-state index in [4.69, 9.17) is 0 Å². The van der Waals surface area contributed by atoms with Crippen LogP contribution in [0.25, 0.3) is 0 Å². The van der Waals surface area contributed by atoms with Crippen LogP contribution in [-0.2, 0) is 0 Å². The molecule has 104 valence electrons. The fourth-order valence-electron chi connectivity index (χ4n) is 1.78. The molecule has 0 aliphatic rings. The van der Waals surface area contributed by atoms with Gasteiger partial charge in [0.15, 0.2) is 0 Å². The van der Waals surface area contributed by atoms with Gasteiger partial charge in [-0.15, -0.1) is 0 Å². The summed E-state index contributed by atoms with van der Waals surface area (Å²) in [7, 11) is 4.29. The van der Waals surface area contributed by atoms with Crippen molar-refractivity contribution in [3.63, 3.8) is 0 Å². The highest BCUT2D eigenvalue weighted by Crippen LogP contribution is 1.98. The summed E-state index contributed by atoms with van der Waals surface area (Å²) in [6.45, 7) is 16.0. The standard InChI is InChI=1S/C14H33N3/c1-13(2)11-15-7-8-17(12-14(3)4)10-9-16(5)6/h13-15H,7-12H2,1-6H3. The summed E-state index contributed by atoms with van der Waals surface area (Å²) >= 11 is 0. The molecule has 0 amide bonds. The van der Waals surface area contributed by atoms with E-state index in [0.717, 1.165) is 31.5 Å². The smallest absolute Gasteiger partial charge is 0.0110 e. The lowest BCUT2D eigenvalue weighted by molar-refractivity contribution is 0.218. The maximum Gasteiger partial charge on any atom is 0.0110 e. The first kappa shape index (κ1) is 16.9. The molecule has 0 aromatic heterocycles. The van der Waals surface area contributed by atoms with Crippen molar-refractivity contribution in [3.05, 3.63) is 0 Å². The van der Waals surface area contributed by atoms with Gasteiger partial charge in [-0.1, -0.05) is 27.7 Å². The van der Waals surface area contributed by atoms with E-state index >= 15 is 0 Å². The van der Waals surface area contributed by atoms with E-state index in [9.17, 15) is 0 Å². The van der Waals surface area contributed by atoms with Crippen LogP contribution in [0.15, 0.2) is 0 Å². The lowest BCUT2D eigenvalue weighted by atomic mass is 10.2. The first-order valence-corrected chi connectivity index (χ1v) is 6.99. The maximum atomic E-state index is 3.52. The molecule has 1 N–H and O–H groups in total. The van der Waals surface area contributed by atoms with Crippen LogP contribution in [0.5, 0.6) is 0 Å². The molecule has 0 bridgehead atoms. The van der Waals surface area contributed by atoms with Gasteiger partial charge in [0, 0.05) is 32.7 Å². The Morgan fingerprint density at radius 1 is 0.882 bits per heavy atom. The van der Waals surface area contributed by atoms with Crippen LogP contribution >= 0.6 is 0 Å². The quantitative estimate of drug-likeness (QED) is 0.590. The third-order valence-electron chi connectivity index (χ3n) is 2.64. The zero-order valence-corrected chi connectivity index (χ0v) is 12.8. The van der Waals surface area contributed by atoms with Gasteiger partial charge in [0.1, 0.15) is 0 Å². The molecule has 0 aromatic rings. The molecule has 3 nitrogen and oxygen atoms in total. The van der Waals surface area contributed by atoms with Crippen molar-refractivity contribution in [1.82, 2.24) is 15.1 Å². The van der Waals surface area contributed by atoms with Gasteiger partial charge >= 0.3 is 0 Å². The van der Waals surface area contributed by atoms with Crippen molar-refractivity contribution in [2.45, 2.75) is 27.7 Å². The predicted molar refractivity (Wildman–Crippen MR) is 77.5 cm³/mol. The molecule has 0 atom stereocenters. The van der Waals surface area contributed by atoms with Crippen LogP contribution < -0.4 is 5.32 Å². The van der Waals surface area contributed by atoms with Gasteiger partial charge in [-0.25, -0.2) is 0 Å². The van der Waals surface area contributed by atoms with E-state index in [1.54, 1.807) is 0 Å². The van der Waals surface area contributed by atoms with Crippen molar-refractivity contribution in [1.29, 1.82) is 0 Å². The minimum Gasteiger partial charge on any atom is -0.315 e. The molecule has 0 spiro atoms. The molecule has 0 unspecified atom stereocenters. The molecule has 0 radical (unpaired) electrons. The number of nitrogens with one attached hydrogen (secondary N) is 1. The molecule has 0 rings (SSSR count). The molecule has 0 heterocycles. The third-order valence-corrected chi connectivity index (χ3v) is 2.64. The fraction of sp³-hybridized carbons (Fsp3) is 1.00. The monoisotopic (exact) mass is 243 g/mol. The predicted octanol–water partition coefficient (Wildman–Crippen LogP) is 1.75. The average Bonchev–Trinajstić information content (AvgIpc) is 2.19.